The van der Waals surface area contributed by atoms with Crippen LogP contribution in [0.1, 0.15) is 5.56 Å². The van der Waals surface area contributed by atoms with Crippen LogP contribution in [0.15, 0.2) is 64.8 Å². The van der Waals surface area contributed by atoms with Crippen molar-refractivity contribution in [3.63, 3.8) is 0 Å². The molecule has 2 rings (SSSR count). The smallest absolute Gasteiger partial charge is 0.267 e. The normalized spacial score (nSPS) is 10.6. The van der Waals surface area contributed by atoms with E-state index in [-0.39, 0.29) is 5.57 Å². The molecule has 5 nitrogen and oxygen atoms in total. The van der Waals surface area contributed by atoms with Gasteiger partial charge >= 0.3 is 0 Å². The third-order valence-corrected chi connectivity index (χ3v) is 3.99. The molecule has 0 bridgehead atoms. The molecular formula is C18H16BrN3O2. The van der Waals surface area contributed by atoms with E-state index in [1.807, 2.05) is 30.3 Å². The summed E-state index contributed by atoms with van der Waals surface area (Å²) in [5.74, 6) is 0.0333. The maximum atomic E-state index is 12.2. The number of hydrogen-bond donors (Lipinski definition) is 2. The molecule has 0 saturated carbocycles. The Bertz CT molecular complexity index is 797. The lowest BCUT2D eigenvalue weighted by atomic mass is 10.2. The van der Waals surface area contributed by atoms with Crippen molar-refractivity contribution in [1.82, 2.24) is 5.32 Å². The number of methoxy groups -OCH3 is 1. The van der Waals surface area contributed by atoms with Crippen LogP contribution in [0.3, 0.4) is 0 Å². The van der Waals surface area contributed by atoms with E-state index in [1.54, 1.807) is 24.3 Å². The molecule has 0 aliphatic rings. The van der Waals surface area contributed by atoms with Gasteiger partial charge in [-0.2, -0.15) is 5.26 Å². The third kappa shape index (κ3) is 4.61. The fraction of sp³-hybridized carbons (Fsp3) is 0.111. The minimum absolute atomic E-state index is 0.0204. The SMILES string of the molecule is COc1ccccc1NC(=O)/C(C#N)=C\NCc1ccccc1Br. The summed E-state index contributed by atoms with van der Waals surface area (Å²) in [6, 6.07) is 16.6. The van der Waals surface area contributed by atoms with E-state index in [1.165, 1.54) is 13.3 Å². The fourth-order valence-electron chi connectivity index (χ4n) is 1.99. The summed E-state index contributed by atoms with van der Waals surface area (Å²) in [4.78, 5) is 12.2. The largest absolute Gasteiger partial charge is 0.495 e. The molecule has 1 amide bonds. The van der Waals surface area contributed by atoms with Gasteiger partial charge in [0.1, 0.15) is 17.4 Å². The Kier molecular flexibility index (Phi) is 6.41. The number of nitrogens with zero attached hydrogens (tertiary/aromatic N) is 1. The Hall–Kier alpha value is -2.78. The summed E-state index contributed by atoms with van der Waals surface area (Å²) in [5, 5.41) is 14.8. The fourth-order valence-corrected chi connectivity index (χ4v) is 2.42. The maximum Gasteiger partial charge on any atom is 0.267 e. The molecule has 24 heavy (non-hydrogen) atoms. The number of halogens is 1. The van der Waals surface area contributed by atoms with Crippen molar-refractivity contribution in [2.75, 3.05) is 12.4 Å². The van der Waals surface area contributed by atoms with Crippen molar-refractivity contribution in [3.8, 4) is 11.8 Å². The highest BCUT2D eigenvalue weighted by Gasteiger charge is 2.11. The van der Waals surface area contributed by atoms with Crippen LogP contribution in [0.5, 0.6) is 5.75 Å². The topological polar surface area (TPSA) is 74.1 Å². The molecule has 0 atom stereocenters. The second-order valence-corrected chi connectivity index (χ2v) is 5.65. The molecule has 0 aliphatic heterocycles. The van der Waals surface area contributed by atoms with Crippen molar-refractivity contribution in [2.45, 2.75) is 6.54 Å². The second kappa shape index (κ2) is 8.75. The van der Waals surface area contributed by atoms with Crippen LogP contribution in [0.2, 0.25) is 0 Å². The lowest BCUT2D eigenvalue weighted by Crippen LogP contribution is -2.17. The van der Waals surface area contributed by atoms with Crippen molar-refractivity contribution in [1.29, 1.82) is 5.26 Å². The van der Waals surface area contributed by atoms with Gasteiger partial charge in [-0.3, -0.25) is 4.79 Å². The third-order valence-electron chi connectivity index (χ3n) is 3.22. The molecule has 0 radical (unpaired) electrons. The minimum atomic E-state index is -0.498. The van der Waals surface area contributed by atoms with Gasteiger partial charge in [-0.05, 0) is 23.8 Å². The van der Waals surface area contributed by atoms with Crippen LogP contribution < -0.4 is 15.4 Å². The molecule has 6 heteroatoms. The van der Waals surface area contributed by atoms with Crippen LogP contribution >= 0.6 is 15.9 Å². The predicted molar refractivity (Wildman–Crippen MR) is 96.3 cm³/mol. The standard InChI is InChI=1S/C18H16BrN3O2/c1-24-17-9-5-4-8-16(17)22-18(23)14(10-20)12-21-11-13-6-2-3-7-15(13)19/h2-9,12,21H,11H2,1H3,(H,22,23)/b14-12-. The zero-order chi connectivity index (χ0) is 17.4. The average molecular weight is 386 g/mol. The molecule has 0 aliphatic carbocycles. The lowest BCUT2D eigenvalue weighted by molar-refractivity contribution is -0.112. The number of para-hydroxylation sites is 2. The summed E-state index contributed by atoms with van der Waals surface area (Å²) in [6.07, 6.45) is 1.41. The van der Waals surface area contributed by atoms with Gasteiger partial charge in [-0.25, -0.2) is 0 Å². The van der Waals surface area contributed by atoms with Gasteiger partial charge in [0.15, 0.2) is 0 Å². The minimum Gasteiger partial charge on any atom is -0.495 e. The van der Waals surface area contributed by atoms with Gasteiger partial charge in [0.05, 0.1) is 12.8 Å². The molecule has 0 fully saturated rings. The van der Waals surface area contributed by atoms with E-state index in [0.29, 0.717) is 18.0 Å². The molecule has 0 heterocycles. The van der Waals surface area contributed by atoms with Gasteiger partial charge in [0.25, 0.3) is 5.91 Å². The first kappa shape index (κ1) is 17.6. The Morgan fingerprint density at radius 2 is 1.96 bits per heavy atom. The van der Waals surface area contributed by atoms with Gasteiger partial charge in [0, 0.05) is 17.2 Å². The first-order valence-electron chi connectivity index (χ1n) is 7.17. The van der Waals surface area contributed by atoms with Crippen LogP contribution in [-0.2, 0) is 11.3 Å². The number of carbonyl (C=O) groups is 1. The van der Waals surface area contributed by atoms with E-state index in [4.69, 9.17) is 4.74 Å². The van der Waals surface area contributed by atoms with Gasteiger partial charge in [0.2, 0.25) is 0 Å². The monoisotopic (exact) mass is 385 g/mol. The lowest BCUT2D eigenvalue weighted by Gasteiger charge is -2.09. The highest BCUT2D eigenvalue weighted by Crippen LogP contribution is 2.23. The van der Waals surface area contributed by atoms with Crippen molar-refractivity contribution in [2.24, 2.45) is 0 Å². The number of anilines is 1. The summed E-state index contributed by atoms with van der Waals surface area (Å²) < 4.78 is 6.13. The predicted octanol–water partition coefficient (Wildman–Crippen LogP) is 3.59. The van der Waals surface area contributed by atoms with E-state index in [9.17, 15) is 10.1 Å². The van der Waals surface area contributed by atoms with Crippen molar-refractivity contribution in [3.05, 3.63) is 70.3 Å². The number of carbonyl (C=O) groups excluding carboxylic acids is 1. The number of ether oxygens (including phenoxy) is 1. The van der Waals surface area contributed by atoms with Crippen LogP contribution in [0.25, 0.3) is 0 Å². The zero-order valence-corrected chi connectivity index (χ0v) is 14.6. The number of hydrogen-bond acceptors (Lipinski definition) is 4. The highest BCUT2D eigenvalue weighted by atomic mass is 79.9. The average Bonchev–Trinajstić information content (AvgIpc) is 2.60. The van der Waals surface area contributed by atoms with Crippen LogP contribution in [-0.4, -0.2) is 13.0 Å². The number of benzene rings is 2. The summed E-state index contributed by atoms with van der Waals surface area (Å²) in [6.45, 7) is 0.495. The molecule has 0 aromatic heterocycles. The molecule has 0 spiro atoms. The Balaban J connectivity index is 2.03. The summed E-state index contributed by atoms with van der Waals surface area (Å²) in [5.41, 5.74) is 1.51. The number of amides is 1. The Labute approximate surface area is 149 Å². The molecule has 2 aromatic rings. The van der Waals surface area contributed by atoms with Gasteiger partial charge in [-0.15, -0.1) is 0 Å². The Morgan fingerprint density at radius 3 is 2.67 bits per heavy atom. The molecule has 2 aromatic carbocycles. The van der Waals surface area contributed by atoms with Gasteiger partial charge in [-0.1, -0.05) is 46.3 Å². The van der Waals surface area contributed by atoms with Crippen molar-refractivity contribution >= 4 is 27.5 Å². The summed E-state index contributed by atoms with van der Waals surface area (Å²) in [7, 11) is 1.52. The first-order valence-corrected chi connectivity index (χ1v) is 7.96. The van der Waals surface area contributed by atoms with E-state index < -0.39 is 5.91 Å². The number of rotatable bonds is 6. The zero-order valence-electron chi connectivity index (χ0n) is 13.0. The number of nitriles is 1. The van der Waals surface area contributed by atoms with E-state index >= 15 is 0 Å². The molecular weight excluding hydrogens is 370 g/mol. The quantitative estimate of drug-likeness (QED) is 0.588. The van der Waals surface area contributed by atoms with Crippen molar-refractivity contribution < 1.29 is 9.53 Å². The van der Waals surface area contributed by atoms with Crippen LogP contribution in [0, 0.1) is 11.3 Å². The first-order chi connectivity index (χ1) is 11.7. The van der Waals surface area contributed by atoms with E-state index in [2.05, 4.69) is 26.6 Å². The maximum absolute atomic E-state index is 12.2. The molecule has 0 saturated heterocycles. The molecule has 2 N–H and O–H groups in total. The second-order valence-electron chi connectivity index (χ2n) is 4.80. The highest BCUT2D eigenvalue weighted by molar-refractivity contribution is 9.10. The molecule has 0 unspecified atom stereocenters. The molecule has 122 valence electrons. The Morgan fingerprint density at radius 1 is 1.25 bits per heavy atom. The van der Waals surface area contributed by atoms with E-state index in [0.717, 1.165) is 10.0 Å². The van der Waals surface area contributed by atoms with Gasteiger partial charge < -0.3 is 15.4 Å². The van der Waals surface area contributed by atoms with Crippen LogP contribution in [0.4, 0.5) is 5.69 Å². The summed E-state index contributed by atoms with van der Waals surface area (Å²) >= 11 is 3.45. The number of nitrogens with one attached hydrogen (secondary N) is 2.